The van der Waals surface area contributed by atoms with Gasteiger partial charge in [-0.3, -0.25) is 4.79 Å². The topological polar surface area (TPSA) is 100 Å². The van der Waals surface area contributed by atoms with Crippen molar-refractivity contribution in [1.82, 2.24) is 29.9 Å². The Labute approximate surface area is 112 Å². The zero-order valence-corrected chi connectivity index (χ0v) is 10.3. The molecule has 0 spiro atoms. The molecule has 4 aromatic rings. The van der Waals surface area contributed by atoms with Crippen molar-refractivity contribution in [1.29, 1.82) is 0 Å². The van der Waals surface area contributed by atoms with Crippen molar-refractivity contribution in [2.24, 2.45) is 0 Å². The Kier molecular flexibility index (Phi) is 3.15. The molecule has 1 aromatic carbocycles. The average Bonchev–Trinajstić information content (AvgIpc) is 2.97. The number of hydrogen-bond donors (Lipinski definition) is 2. The second-order valence-electron chi connectivity index (χ2n) is 3.91. The summed E-state index contributed by atoms with van der Waals surface area (Å²) in [6.07, 6.45) is 6.17. The van der Waals surface area contributed by atoms with Crippen LogP contribution in [0.2, 0.25) is 0 Å². The smallest absolute Gasteiger partial charge is 0.258 e. The second-order valence-corrected chi connectivity index (χ2v) is 3.91. The molecule has 3 aromatic heterocycles. The van der Waals surface area contributed by atoms with E-state index < -0.39 is 0 Å². The molecular formula is C13H10N6O. The summed E-state index contributed by atoms with van der Waals surface area (Å²) in [5.41, 5.74) is 2.23. The van der Waals surface area contributed by atoms with E-state index in [1.54, 1.807) is 18.6 Å². The Morgan fingerprint density at radius 1 is 0.950 bits per heavy atom. The van der Waals surface area contributed by atoms with Crippen molar-refractivity contribution in [2.45, 2.75) is 0 Å². The molecule has 2 N–H and O–H groups in total. The minimum atomic E-state index is -0.0874. The molecule has 0 atom stereocenters. The molecule has 7 heteroatoms. The largest absolute Gasteiger partial charge is 0.342 e. The normalized spacial score (nSPS) is 10.2. The van der Waals surface area contributed by atoms with E-state index in [2.05, 4.69) is 29.9 Å². The molecule has 0 saturated heterocycles. The SMILES string of the molecule is O=c1[nH]cnc2ccccc12.c1ncc2[nH]cnc2n1. The fraction of sp³-hybridized carbons (Fsp3) is 0. The molecule has 98 valence electrons. The highest BCUT2D eigenvalue weighted by atomic mass is 16.1. The Morgan fingerprint density at radius 3 is 2.65 bits per heavy atom. The lowest BCUT2D eigenvalue weighted by Crippen LogP contribution is -2.05. The number of imidazole rings is 1. The van der Waals surface area contributed by atoms with Crippen molar-refractivity contribution in [3.8, 4) is 0 Å². The number of nitrogens with one attached hydrogen (secondary N) is 2. The quantitative estimate of drug-likeness (QED) is 0.499. The summed E-state index contributed by atoms with van der Waals surface area (Å²) in [5.74, 6) is 0. The first-order chi connectivity index (χ1) is 9.84. The van der Waals surface area contributed by atoms with E-state index in [9.17, 15) is 4.79 Å². The number of rotatable bonds is 0. The van der Waals surface area contributed by atoms with Crippen LogP contribution in [-0.2, 0) is 0 Å². The zero-order chi connectivity index (χ0) is 13.8. The van der Waals surface area contributed by atoms with Gasteiger partial charge in [-0.25, -0.2) is 19.9 Å². The number of H-pyrrole nitrogens is 2. The van der Waals surface area contributed by atoms with Gasteiger partial charge in [0.2, 0.25) is 0 Å². The van der Waals surface area contributed by atoms with Crippen LogP contribution < -0.4 is 5.56 Å². The fourth-order valence-electron chi connectivity index (χ4n) is 1.71. The number of aromatic amines is 2. The Morgan fingerprint density at radius 2 is 1.80 bits per heavy atom. The minimum Gasteiger partial charge on any atom is -0.342 e. The molecule has 0 unspecified atom stereocenters. The molecular weight excluding hydrogens is 256 g/mol. The summed E-state index contributed by atoms with van der Waals surface area (Å²) in [6, 6.07) is 7.24. The first-order valence-corrected chi connectivity index (χ1v) is 5.86. The number of nitrogens with zero attached hydrogens (tertiary/aromatic N) is 4. The molecule has 0 aliphatic heterocycles. The predicted molar refractivity (Wildman–Crippen MR) is 74.0 cm³/mol. The Balaban J connectivity index is 0.000000123. The van der Waals surface area contributed by atoms with Gasteiger partial charge in [0.1, 0.15) is 11.8 Å². The highest BCUT2D eigenvalue weighted by Crippen LogP contribution is 2.02. The van der Waals surface area contributed by atoms with Crippen molar-refractivity contribution in [3.05, 3.63) is 59.8 Å². The third kappa shape index (κ3) is 2.37. The van der Waals surface area contributed by atoms with Gasteiger partial charge in [-0.1, -0.05) is 12.1 Å². The van der Waals surface area contributed by atoms with Crippen LogP contribution in [0.25, 0.3) is 22.1 Å². The summed E-state index contributed by atoms with van der Waals surface area (Å²) in [7, 11) is 0. The van der Waals surface area contributed by atoms with Crippen LogP contribution in [0.3, 0.4) is 0 Å². The number of hydrogen-bond acceptors (Lipinski definition) is 5. The van der Waals surface area contributed by atoms with E-state index >= 15 is 0 Å². The van der Waals surface area contributed by atoms with Gasteiger partial charge in [-0.15, -0.1) is 0 Å². The standard InChI is InChI=1S/C8H6N2O.C5H4N4/c11-8-6-3-1-2-4-7(6)9-5-10-8;1-4-5(8-2-6-1)9-3-7-4/h1-5H,(H,9,10,11);1-3H,(H,6,7,8,9). The van der Waals surface area contributed by atoms with Gasteiger partial charge in [-0.2, -0.15) is 0 Å². The number of fused-ring (bicyclic) bond motifs is 2. The summed E-state index contributed by atoms with van der Waals surface area (Å²) < 4.78 is 0. The third-order valence-electron chi connectivity index (χ3n) is 2.65. The van der Waals surface area contributed by atoms with Crippen LogP contribution >= 0.6 is 0 Å². The molecule has 0 radical (unpaired) electrons. The molecule has 0 fully saturated rings. The van der Waals surface area contributed by atoms with Gasteiger partial charge in [0.05, 0.1) is 29.8 Å². The first kappa shape index (κ1) is 12.0. The van der Waals surface area contributed by atoms with E-state index in [1.807, 2.05) is 18.2 Å². The third-order valence-corrected chi connectivity index (χ3v) is 2.65. The van der Waals surface area contributed by atoms with Crippen LogP contribution in [0.4, 0.5) is 0 Å². The van der Waals surface area contributed by atoms with E-state index in [1.165, 1.54) is 12.7 Å². The average molecular weight is 266 g/mol. The summed E-state index contributed by atoms with van der Waals surface area (Å²) >= 11 is 0. The molecule has 0 saturated carbocycles. The Bertz CT molecular complexity index is 862. The number of para-hydroxylation sites is 1. The second kappa shape index (κ2) is 5.27. The molecule has 20 heavy (non-hydrogen) atoms. The highest BCUT2D eigenvalue weighted by molar-refractivity contribution is 5.76. The van der Waals surface area contributed by atoms with Crippen molar-refractivity contribution < 1.29 is 0 Å². The van der Waals surface area contributed by atoms with Gasteiger partial charge >= 0.3 is 0 Å². The van der Waals surface area contributed by atoms with Gasteiger partial charge in [0, 0.05) is 0 Å². The first-order valence-electron chi connectivity index (χ1n) is 5.86. The number of benzene rings is 1. The molecule has 4 rings (SSSR count). The van der Waals surface area contributed by atoms with Crippen LogP contribution in [0.15, 0.2) is 54.2 Å². The summed E-state index contributed by atoms with van der Waals surface area (Å²) in [5, 5.41) is 0.634. The van der Waals surface area contributed by atoms with Gasteiger partial charge < -0.3 is 9.97 Å². The van der Waals surface area contributed by atoms with Crippen molar-refractivity contribution >= 4 is 22.1 Å². The van der Waals surface area contributed by atoms with Gasteiger partial charge in [0.15, 0.2) is 5.65 Å². The Hall–Kier alpha value is -3.09. The van der Waals surface area contributed by atoms with E-state index in [4.69, 9.17) is 0 Å². The molecule has 3 heterocycles. The minimum absolute atomic E-state index is 0.0874. The van der Waals surface area contributed by atoms with Gasteiger partial charge in [-0.05, 0) is 12.1 Å². The maximum Gasteiger partial charge on any atom is 0.258 e. The van der Waals surface area contributed by atoms with Crippen LogP contribution in [-0.4, -0.2) is 29.9 Å². The highest BCUT2D eigenvalue weighted by Gasteiger charge is 1.94. The molecule has 0 bridgehead atoms. The summed E-state index contributed by atoms with van der Waals surface area (Å²) in [4.78, 5) is 32.1. The maximum atomic E-state index is 11.1. The lowest BCUT2D eigenvalue weighted by molar-refractivity contribution is 1.17. The molecule has 0 aliphatic carbocycles. The number of aromatic nitrogens is 6. The molecule has 7 nitrogen and oxygen atoms in total. The van der Waals surface area contributed by atoms with Crippen molar-refractivity contribution in [3.63, 3.8) is 0 Å². The van der Waals surface area contributed by atoms with E-state index in [0.29, 0.717) is 11.0 Å². The summed E-state index contributed by atoms with van der Waals surface area (Å²) in [6.45, 7) is 0. The fourth-order valence-corrected chi connectivity index (χ4v) is 1.71. The predicted octanol–water partition coefficient (Wildman–Crippen LogP) is 1.28. The van der Waals surface area contributed by atoms with Crippen LogP contribution in [0.1, 0.15) is 0 Å². The van der Waals surface area contributed by atoms with E-state index in [0.717, 1.165) is 11.0 Å². The zero-order valence-electron chi connectivity index (χ0n) is 10.3. The molecule has 0 aliphatic rings. The van der Waals surface area contributed by atoms with Gasteiger partial charge in [0.25, 0.3) is 5.56 Å². The van der Waals surface area contributed by atoms with Crippen molar-refractivity contribution in [2.75, 3.05) is 0 Å². The maximum absolute atomic E-state index is 11.1. The van der Waals surface area contributed by atoms with Crippen LogP contribution in [0, 0.1) is 0 Å². The lowest BCUT2D eigenvalue weighted by atomic mass is 10.2. The van der Waals surface area contributed by atoms with Crippen LogP contribution in [0.5, 0.6) is 0 Å². The monoisotopic (exact) mass is 266 g/mol. The molecule has 0 amide bonds. The lowest BCUT2D eigenvalue weighted by Gasteiger charge is -1.91. The van der Waals surface area contributed by atoms with E-state index in [-0.39, 0.29) is 5.56 Å².